The Balaban J connectivity index is 1.74. The molecule has 0 bridgehead atoms. The van der Waals surface area contributed by atoms with Crippen molar-refractivity contribution in [2.45, 2.75) is 6.42 Å². The second-order valence-electron chi connectivity index (χ2n) is 5.40. The van der Waals surface area contributed by atoms with Crippen molar-refractivity contribution in [2.24, 2.45) is 23.7 Å². The maximum absolute atomic E-state index is 9.51. The first-order valence-corrected chi connectivity index (χ1v) is 6.57. The normalized spacial score (nSPS) is 34.9. The van der Waals surface area contributed by atoms with Crippen LogP contribution in [0.5, 0.6) is 0 Å². The molecule has 18 heavy (non-hydrogen) atoms. The van der Waals surface area contributed by atoms with Crippen LogP contribution < -0.4 is 4.90 Å². The number of aromatic nitrogens is 2. The molecule has 0 aromatic carbocycles. The predicted molar refractivity (Wildman–Crippen MR) is 67.0 cm³/mol. The summed E-state index contributed by atoms with van der Waals surface area (Å²) in [6.07, 6.45) is 4.53. The van der Waals surface area contributed by atoms with Gasteiger partial charge >= 0.3 is 0 Å². The van der Waals surface area contributed by atoms with E-state index in [1.165, 1.54) is 0 Å². The number of aliphatic hydroxyl groups excluding tert-OH is 2. The van der Waals surface area contributed by atoms with E-state index in [4.69, 9.17) is 0 Å². The highest BCUT2D eigenvalue weighted by Crippen LogP contribution is 2.45. The molecule has 0 unspecified atom stereocenters. The highest BCUT2D eigenvalue weighted by atomic mass is 16.3. The number of anilines is 1. The van der Waals surface area contributed by atoms with Gasteiger partial charge in [-0.05, 0) is 36.2 Å². The van der Waals surface area contributed by atoms with Crippen LogP contribution in [0.4, 0.5) is 5.95 Å². The average molecular weight is 249 g/mol. The van der Waals surface area contributed by atoms with Crippen LogP contribution in [0.1, 0.15) is 6.42 Å². The van der Waals surface area contributed by atoms with Gasteiger partial charge < -0.3 is 15.1 Å². The summed E-state index contributed by atoms with van der Waals surface area (Å²) >= 11 is 0. The summed E-state index contributed by atoms with van der Waals surface area (Å²) in [7, 11) is 0. The highest BCUT2D eigenvalue weighted by Gasteiger charge is 2.47. The molecule has 1 saturated heterocycles. The van der Waals surface area contributed by atoms with Gasteiger partial charge in [-0.25, -0.2) is 9.97 Å². The van der Waals surface area contributed by atoms with E-state index < -0.39 is 0 Å². The Hall–Kier alpha value is -1.20. The van der Waals surface area contributed by atoms with Gasteiger partial charge in [-0.3, -0.25) is 0 Å². The van der Waals surface area contributed by atoms with Gasteiger partial charge in [0, 0.05) is 38.7 Å². The number of nitrogens with zero attached hydrogens (tertiary/aromatic N) is 3. The van der Waals surface area contributed by atoms with Crippen molar-refractivity contribution in [2.75, 3.05) is 31.2 Å². The lowest BCUT2D eigenvalue weighted by molar-refractivity contribution is 0.120. The Labute approximate surface area is 106 Å². The van der Waals surface area contributed by atoms with Crippen LogP contribution in [0, 0.1) is 23.7 Å². The quantitative estimate of drug-likeness (QED) is 0.798. The van der Waals surface area contributed by atoms with E-state index in [-0.39, 0.29) is 25.0 Å². The maximum atomic E-state index is 9.51. The van der Waals surface area contributed by atoms with Crippen LogP contribution in [0.2, 0.25) is 0 Å². The SMILES string of the molecule is OC[C@H]1C[C@H]2CN(c3ncccn3)C[C@H]2[C@H]1CO. The zero-order valence-corrected chi connectivity index (χ0v) is 10.3. The van der Waals surface area contributed by atoms with Crippen molar-refractivity contribution in [3.8, 4) is 0 Å². The van der Waals surface area contributed by atoms with Crippen LogP contribution in [0.15, 0.2) is 18.5 Å². The third-order valence-corrected chi connectivity index (χ3v) is 4.53. The molecular formula is C13H19N3O2. The topological polar surface area (TPSA) is 69.5 Å². The smallest absolute Gasteiger partial charge is 0.225 e. The molecule has 5 nitrogen and oxygen atoms in total. The van der Waals surface area contributed by atoms with E-state index >= 15 is 0 Å². The molecule has 2 N–H and O–H groups in total. The lowest BCUT2D eigenvalue weighted by atomic mass is 9.89. The number of hydrogen-bond acceptors (Lipinski definition) is 5. The Kier molecular flexibility index (Phi) is 3.18. The van der Waals surface area contributed by atoms with Gasteiger partial charge in [-0.2, -0.15) is 0 Å². The second-order valence-corrected chi connectivity index (χ2v) is 5.40. The number of fused-ring (bicyclic) bond motifs is 1. The molecule has 4 atom stereocenters. The minimum absolute atomic E-state index is 0.176. The first-order chi connectivity index (χ1) is 8.83. The third kappa shape index (κ3) is 1.87. The van der Waals surface area contributed by atoms with Gasteiger partial charge in [-0.1, -0.05) is 0 Å². The molecule has 3 rings (SSSR count). The third-order valence-electron chi connectivity index (χ3n) is 4.53. The fraction of sp³-hybridized carbons (Fsp3) is 0.692. The van der Waals surface area contributed by atoms with E-state index in [0.29, 0.717) is 11.8 Å². The highest BCUT2D eigenvalue weighted by molar-refractivity contribution is 5.32. The summed E-state index contributed by atoms with van der Waals surface area (Å²) in [5.41, 5.74) is 0. The van der Waals surface area contributed by atoms with Crippen molar-refractivity contribution in [3.63, 3.8) is 0 Å². The monoisotopic (exact) mass is 249 g/mol. The molecular weight excluding hydrogens is 230 g/mol. The van der Waals surface area contributed by atoms with Crippen molar-refractivity contribution in [3.05, 3.63) is 18.5 Å². The van der Waals surface area contributed by atoms with Crippen LogP contribution in [-0.2, 0) is 0 Å². The number of rotatable bonds is 3. The Morgan fingerprint density at radius 2 is 1.94 bits per heavy atom. The lowest BCUT2D eigenvalue weighted by Gasteiger charge is -2.23. The molecule has 1 saturated carbocycles. The van der Waals surface area contributed by atoms with Crippen molar-refractivity contribution >= 4 is 5.95 Å². The molecule has 5 heteroatoms. The Morgan fingerprint density at radius 1 is 1.17 bits per heavy atom. The predicted octanol–water partition coefficient (Wildman–Crippen LogP) is 0.150. The van der Waals surface area contributed by atoms with Crippen LogP contribution >= 0.6 is 0 Å². The van der Waals surface area contributed by atoms with Gasteiger partial charge in [0.1, 0.15) is 0 Å². The van der Waals surface area contributed by atoms with Gasteiger partial charge in [-0.15, -0.1) is 0 Å². The minimum atomic E-state index is 0.176. The molecule has 1 aliphatic carbocycles. The summed E-state index contributed by atoms with van der Waals surface area (Å²) in [4.78, 5) is 10.8. The number of aliphatic hydroxyl groups is 2. The standard InChI is InChI=1S/C13H19N3O2/c17-7-10-4-9-5-16(6-11(9)12(10)8-18)13-14-2-1-3-15-13/h1-3,9-12,17-18H,4-8H2/t9-,10+,11+,12-/m0/s1. The molecule has 0 radical (unpaired) electrons. The summed E-state index contributed by atoms with van der Waals surface area (Å²) < 4.78 is 0. The zero-order valence-electron chi connectivity index (χ0n) is 10.3. The van der Waals surface area contributed by atoms with E-state index in [2.05, 4.69) is 14.9 Å². The average Bonchev–Trinajstić information content (AvgIpc) is 2.96. The van der Waals surface area contributed by atoms with E-state index in [1.54, 1.807) is 12.4 Å². The zero-order chi connectivity index (χ0) is 12.5. The number of hydrogen-bond donors (Lipinski definition) is 2. The molecule has 1 aromatic heterocycles. The Bertz CT molecular complexity index is 400. The summed E-state index contributed by atoms with van der Waals surface area (Å²) in [6, 6.07) is 1.82. The molecule has 0 amide bonds. The molecule has 2 fully saturated rings. The molecule has 1 aliphatic heterocycles. The maximum Gasteiger partial charge on any atom is 0.225 e. The van der Waals surface area contributed by atoms with Crippen molar-refractivity contribution in [1.29, 1.82) is 0 Å². The van der Waals surface area contributed by atoms with Gasteiger partial charge in [0.05, 0.1) is 0 Å². The minimum Gasteiger partial charge on any atom is -0.396 e. The lowest BCUT2D eigenvalue weighted by Crippen LogP contribution is -2.29. The molecule has 2 aliphatic rings. The van der Waals surface area contributed by atoms with Crippen molar-refractivity contribution < 1.29 is 10.2 Å². The van der Waals surface area contributed by atoms with Gasteiger partial charge in [0.2, 0.25) is 5.95 Å². The largest absolute Gasteiger partial charge is 0.396 e. The van der Waals surface area contributed by atoms with Crippen LogP contribution in [0.3, 0.4) is 0 Å². The first-order valence-electron chi connectivity index (χ1n) is 6.57. The molecule has 1 aromatic rings. The van der Waals surface area contributed by atoms with Gasteiger partial charge in [0.15, 0.2) is 0 Å². The van der Waals surface area contributed by atoms with Crippen LogP contribution in [0.25, 0.3) is 0 Å². The summed E-state index contributed by atoms with van der Waals surface area (Å²) in [5.74, 6) is 2.31. The Morgan fingerprint density at radius 3 is 2.61 bits per heavy atom. The second kappa shape index (κ2) is 4.82. The van der Waals surface area contributed by atoms with E-state index in [0.717, 1.165) is 25.5 Å². The van der Waals surface area contributed by atoms with E-state index in [1.807, 2.05) is 6.07 Å². The summed E-state index contributed by atoms with van der Waals surface area (Å²) in [5, 5.41) is 18.9. The van der Waals surface area contributed by atoms with Gasteiger partial charge in [0.25, 0.3) is 0 Å². The summed E-state index contributed by atoms with van der Waals surface area (Å²) in [6.45, 7) is 2.22. The van der Waals surface area contributed by atoms with Crippen LogP contribution in [-0.4, -0.2) is 46.5 Å². The molecule has 2 heterocycles. The van der Waals surface area contributed by atoms with Crippen molar-refractivity contribution in [1.82, 2.24) is 9.97 Å². The molecule has 0 spiro atoms. The first kappa shape index (κ1) is 11.9. The molecule has 98 valence electrons. The fourth-order valence-electron chi connectivity index (χ4n) is 3.66. The van der Waals surface area contributed by atoms with E-state index in [9.17, 15) is 10.2 Å². The fourth-order valence-corrected chi connectivity index (χ4v) is 3.66.